The van der Waals surface area contributed by atoms with Gasteiger partial charge in [-0.15, -0.1) is 0 Å². The summed E-state index contributed by atoms with van der Waals surface area (Å²) in [6.07, 6.45) is 5.26. The Kier molecular flexibility index (Phi) is 5.65. The predicted molar refractivity (Wildman–Crippen MR) is 67.1 cm³/mol. The van der Waals surface area contributed by atoms with Crippen molar-refractivity contribution in [3.8, 4) is 0 Å². The number of hydrogen-bond acceptors (Lipinski definition) is 1. The smallest absolute Gasteiger partial charge is 0.222 e. The summed E-state index contributed by atoms with van der Waals surface area (Å²) in [6, 6.07) is 0. The van der Waals surface area contributed by atoms with E-state index in [4.69, 9.17) is 0 Å². The van der Waals surface area contributed by atoms with E-state index >= 15 is 0 Å². The molecule has 0 spiro atoms. The lowest BCUT2D eigenvalue weighted by atomic mass is 9.80. The van der Waals surface area contributed by atoms with Crippen molar-refractivity contribution in [2.45, 2.75) is 39.5 Å². The van der Waals surface area contributed by atoms with Gasteiger partial charge >= 0.3 is 0 Å². The Hall–Kier alpha value is -0.0500. The lowest BCUT2D eigenvalue weighted by Crippen LogP contribution is -2.36. The summed E-state index contributed by atoms with van der Waals surface area (Å²) in [5.74, 6) is 1.73. The largest absolute Gasteiger partial charge is 0.356 e. The van der Waals surface area contributed by atoms with E-state index in [1.54, 1.807) is 0 Å². The number of rotatable bonds is 4. The summed E-state index contributed by atoms with van der Waals surface area (Å²) in [4.78, 5) is 11.5. The van der Waals surface area contributed by atoms with Gasteiger partial charge in [-0.25, -0.2) is 0 Å². The Balaban J connectivity index is 2.32. The summed E-state index contributed by atoms with van der Waals surface area (Å²) in [5.41, 5.74) is 0. The van der Waals surface area contributed by atoms with E-state index in [2.05, 4.69) is 21.2 Å². The standard InChI is InChI=1S/C12H22BrNO/c1-9(2)12(15)14-8-11-6-4-3-5-10(11)7-13/h9-11H,3-8H2,1-2H3,(H,14,15). The van der Waals surface area contributed by atoms with E-state index in [0.29, 0.717) is 5.92 Å². The number of halogens is 1. The van der Waals surface area contributed by atoms with Crippen molar-refractivity contribution in [3.05, 3.63) is 0 Å². The first-order chi connectivity index (χ1) is 7.15. The molecule has 0 aliphatic heterocycles. The van der Waals surface area contributed by atoms with Crippen molar-refractivity contribution < 1.29 is 4.79 Å². The minimum atomic E-state index is 0.107. The van der Waals surface area contributed by atoms with Crippen LogP contribution in [0.25, 0.3) is 0 Å². The van der Waals surface area contributed by atoms with Gasteiger partial charge < -0.3 is 5.32 Å². The first-order valence-corrected chi connectivity index (χ1v) is 7.11. The summed E-state index contributed by atoms with van der Waals surface area (Å²) in [5, 5.41) is 4.13. The van der Waals surface area contributed by atoms with Crippen molar-refractivity contribution in [2.24, 2.45) is 17.8 Å². The van der Waals surface area contributed by atoms with E-state index in [-0.39, 0.29) is 11.8 Å². The van der Waals surface area contributed by atoms with Crippen LogP contribution in [0.2, 0.25) is 0 Å². The van der Waals surface area contributed by atoms with Gasteiger partial charge in [0.15, 0.2) is 0 Å². The van der Waals surface area contributed by atoms with Crippen LogP contribution >= 0.6 is 15.9 Å². The highest BCUT2D eigenvalue weighted by molar-refractivity contribution is 9.09. The molecule has 1 N–H and O–H groups in total. The lowest BCUT2D eigenvalue weighted by Gasteiger charge is -2.30. The van der Waals surface area contributed by atoms with E-state index in [0.717, 1.165) is 17.8 Å². The summed E-state index contributed by atoms with van der Waals surface area (Å²) in [6.45, 7) is 4.75. The van der Waals surface area contributed by atoms with Gasteiger partial charge in [0.2, 0.25) is 5.91 Å². The van der Waals surface area contributed by atoms with Gasteiger partial charge in [0.05, 0.1) is 0 Å². The third-order valence-electron chi connectivity index (χ3n) is 3.33. The molecule has 0 radical (unpaired) electrons. The van der Waals surface area contributed by atoms with Crippen LogP contribution in [0.1, 0.15) is 39.5 Å². The van der Waals surface area contributed by atoms with E-state index < -0.39 is 0 Å². The Bertz CT molecular complexity index is 206. The van der Waals surface area contributed by atoms with Crippen molar-refractivity contribution >= 4 is 21.8 Å². The maximum absolute atomic E-state index is 11.5. The molecular formula is C12H22BrNO. The van der Waals surface area contributed by atoms with E-state index in [1.165, 1.54) is 25.7 Å². The maximum atomic E-state index is 11.5. The Morgan fingerprint density at radius 3 is 2.47 bits per heavy atom. The number of hydrogen-bond donors (Lipinski definition) is 1. The molecule has 3 heteroatoms. The highest BCUT2D eigenvalue weighted by atomic mass is 79.9. The van der Waals surface area contributed by atoms with Crippen LogP contribution < -0.4 is 5.32 Å². The molecule has 1 aliphatic carbocycles. The number of amides is 1. The Labute approximate surface area is 101 Å². The highest BCUT2D eigenvalue weighted by Crippen LogP contribution is 2.30. The molecule has 15 heavy (non-hydrogen) atoms. The molecule has 1 rings (SSSR count). The molecule has 1 aliphatic rings. The second kappa shape index (κ2) is 6.51. The number of carbonyl (C=O) groups is 1. The maximum Gasteiger partial charge on any atom is 0.222 e. The van der Waals surface area contributed by atoms with Crippen molar-refractivity contribution in [1.82, 2.24) is 5.32 Å². The number of carbonyl (C=O) groups excluding carboxylic acids is 1. The number of nitrogens with one attached hydrogen (secondary N) is 1. The number of alkyl halides is 1. The summed E-state index contributed by atoms with van der Waals surface area (Å²) < 4.78 is 0. The quantitative estimate of drug-likeness (QED) is 0.786. The topological polar surface area (TPSA) is 29.1 Å². The third kappa shape index (κ3) is 4.13. The van der Waals surface area contributed by atoms with Crippen LogP contribution in [0.3, 0.4) is 0 Å². The zero-order valence-corrected chi connectivity index (χ0v) is 11.3. The summed E-state index contributed by atoms with van der Waals surface area (Å²) >= 11 is 3.57. The SMILES string of the molecule is CC(C)C(=O)NCC1CCCCC1CBr. The molecule has 1 amide bonds. The van der Waals surface area contributed by atoms with Crippen LogP contribution in [0.4, 0.5) is 0 Å². The van der Waals surface area contributed by atoms with Crippen molar-refractivity contribution in [3.63, 3.8) is 0 Å². The zero-order chi connectivity index (χ0) is 11.3. The van der Waals surface area contributed by atoms with E-state index in [1.807, 2.05) is 13.8 Å². The average molecular weight is 276 g/mol. The normalized spacial score (nSPS) is 26.7. The molecule has 0 aromatic carbocycles. The molecule has 1 fully saturated rings. The zero-order valence-electron chi connectivity index (χ0n) is 9.76. The molecule has 0 heterocycles. The minimum absolute atomic E-state index is 0.107. The van der Waals surface area contributed by atoms with Gasteiger partial charge in [0, 0.05) is 17.8 Å². The van der Waals surface area contributed by atoms with Crippen LogP contribution in [-0.2, 0) is 4.79 Å². The van der Waals surface area contributed by atoms with E-state index in [9.17, 15) is 4.79 Å². The lowest BCUT2D eigenvalue weighted by molar-refractivity contribution is -0.124. The summed E-state index contributed by atoms with van der Waals surface area (Å²) in [7, 11) is 0. The predicted octanol–water partition coefficient (Wildman–Crippen LogP) is 2.96. The van der Waals surface area contributed by atoms with Gasteiger partial charge in [-0.1, -0.05) is 42.6 Å². The molecular weight excluding hydrogens is 254 g/mol. The first kappa shape index (κ1) is 13.0. The molecule has 2 unspecified atom stereocenters. The fraction of sp³-hybridized carbons (Fsp3) is 0.917. The molecule has 2 atom stereocenters. The van der Waals surface area contributed by atoms with Crippen LogP contribution in [-0.4, -0.2) is 17.8 Å². The first-order valence-electron chi connectivity index (χ1n) is 5.98. The Morgan fingerprint density at radius 1 is 1.33 bits per heavy atom. The van der Waals surface area contributed by atoms with Gasteiger partial charge in [0.25, 0.3) is 0 Å². The van der Waals surface area contributed by atoms with Gasteiger partial charge in [-0.2, -0.15) is 0 Å². The van der Waals surface area contributed by atoms with Crippen molar-refractivity contribution in [2.75, 3.05) is 11.9 Å². The molecule has 2 nitrogen and oxygen atoms in total. The fourth-order valence-electron chi connectivity index (χ4n) is 2.19. The van der Waals surface area contributed by atoms with Crippen molar-refractivity contribution in [1.29, 1.82) is 0 Å². The molecule has 0 aromatic rings. The van der Waals surface area contributed by atoms with Crippen LogP contribution in [0.15, 0.2) is 0 Å². The minimum Gasteiger partial charge on any atom is -0.356 e. The van der Waals surface area contributed by atoms with Gasteiger partial charge in [-0.05, 0) is 24.7 Å². The molecule has 0 bridgehead atoms. The molecule has 88 valence electrons. The highest BCUT2D eigenvalue weighted by Gasteiger charge is 2.24. The second-order valence-corrected chi connectivity index (χ2v) is 5.51. The van der Waals surface area contributed by atoms with Crippen LogP contribution in [0.5, 0.6) is 0 Å². The molecule has 1 saturated carbocycles. The third-order valence-corrected chi connectivity index (χ3v) is 4.16. The monoisotopic (exact) mass is 275 g/mol. The molecule has 0 aromatic heterocycles. The van der Waals surface area contributed by atoms with Gasteiger partial charge in [-0.3, -0.25) is 4.79 Å². The molecule has 0 saturated heterocycles. The second-order valence-electron chi connectivity index (χ2n) is 4.86. The van der Waals surface area contributed by atoms with Crippen LogP contribution in [0, 0.1) is 17.8 Å². The Morgan fingerprint density at radius 2 is 1.93 bits per heavy atom. The fourth-order valence-corrected chi connectivity index (χ4v) is 3.04. The van der Waals surface area contributed by atoms with Gasteiger partial charge in [0.1, 0.15) is 0 Å². The average Bonchev–Trinajstić information content (AvgIpc) is 2.26.